The van der Waals surface area contributed by atoms with Gasteiger partial charge in [0.2, 0.25) is 17.6 Å². The SMILES string of the molecule is COc1ccc(CN(Cc2ccc(OC)cc2)c2ccc(CC(NC(=O)[C@H](CC(C)C)NC(C)=O)C(=O)c3nc4ccccc4s3)cn2)cc1. The van der Waals surface area contributed by atoms with Crippen LogP contribution in [0, 0.1) is 5.92 Å². The number of carbonyl (C=O) groups excluding carboxylic acids is 3. The number of pyridine rings is 1. The van der Waals surface area contributed by atoms with E-state index < -0.39 is 18.0 Å². The Morgan fingerprint density at radius 2 is 1.38 bits per heavy atom. The number of carbonyl (C=O) groups is 3. The van der Waals surface area contributed by atoms with Gasteiger partial charge in [-0.3, -0.25) is 14.4 Å². The lowest BCUT2D eigenvalue weighted by atomic mass is 10.00. The number of rotatable bonds is 16. The molecule has 260 valence electrons. The third-order valence-corrected chi connectivity index (χ3v) is 9.23. The van der Waals surface area contributed by atoms with Crippen LogP contribution in [0.25, 0.3) is 10.2 Å². The molecular formula is C39H43N5O5S. The number of anilines is 1. The van der Waals surface area contributed by atoms with Gasteiger partial charge in [-0.1, -0.05) is 56.3 Å². The predicted molar refractivity (Wildman–Crippen MR) is 197 cm³/mol. The maximum atomic E-state index is 14.0. The molecule has 2 atom stereocenters. The number of nitrogens with one attached hydrogen (secondary N) is 2. The van der Waals surface area contributed by atoms with Crippen LogP contribution in [-0.2, 0) is 29.1 Å². The summed E-state index contributed by atoms with van der Waals surface area (Å²) >= 11 is 1.29. The summed E-state index contributed by atoms with van der Waals surface area (Å²) in [7, 11) is 3.29. The maximum absolute atomic E-state index is 14.0. The van der Waals surface area contributed by atoms with E-state index in [9.17, 15) is 14.4 Å². The van der Waals surface area contributed by atoms with E-state index in [0.717, 1.165) is 44.2 Å². The molecule has 2 amide bonds. The summed E-state index contributed by atoms with van der Waals surface area (Å²) in [5.74, 6) is 1.44. The highest BCUT2D eigenvalue weighted by Crippen LogP contribution is 2.25. The van der Waals surface area contributed by atoms with Crippen LogP contribution < -0.4 is 25.0 Å². The summed E-state index contributed by atoms with van der Waals surface area (Å²) in [6.07, 6.45) is 2.37. The van der Waals surface area contributed by atoms with Crippen LogP contribution in [0.3, 0.4) is 0 Å². The summed E-state index contributed by atoms with van der Waals surface area (Å²) in [5, 5.41) is 6.00. The fourth-order valence-corrected chi connectivity index (χ4v) is 6.60. The topological polar surface area (TPSA) is 123 Å². The molecule has 0 saturated heterocycles. The van der Waals surface area contributed by atoms with Gasteiger partial charge in [-0.05, 0) is 71.5 Å². The number of hydrogen-bond acceptors (Lipinski definition) is 9. The van der Waals surface area contributed by atoms with Crippen molar-refractivity contribution in [2.75, 3.05) is 19.1 Å². The summed E-state index contributed by atoms with van der Waals surface area (Å²) in [5.41, 5.74) is 3.66. The molecular weight excluding hydrogens is 651 g/mol. The van der Waals surface area contributed by atoms with Gasteiger partial charge in [0.15, 0.2) is 5.01 Å². The van der Waals surface area contributed by atoms with Crippen LogP contribution in [0.2, 0.25) is 0 Å². The highest BCUT2D eigenvalue weighted by molar-refractivity contribution is 7.20. The van der Waals surface area contributed by atoms with Gasteiger partial charge in [0.05, 0.1) is 30.5 Å². The summed E-state index contributed by atoms with van der Waals surface area (Å²) < 4.78 is 11.6. The van der Waals surface area contributed by atoms with Crippen LogP contribution in [-0.4, -0.2) is 53.9 Å². The molecule has 0 bridgehead atoms. The van der Waals surface area contributed by atoms with Gasteiger partial charge in [0, 0.05) is 32.6 Å². The minimum Gasteiger partial charge on any atom is -0.497 e. The Morgan fingerprint density at radius 3 is 1.90 bits per heavy atom. The summed E-state index contributed by atoms with van der Waals surface area (Å²) in [6, 6.07) is 25.6. The third-order valence-electron chi connectivity index (χ3n) is 8.18. The van der Waals surface area contributed by atoms with Crippen molar-refractivity contribution in [1.82, 2.24) is 20.6 Å². The number of methoxy groups -OCH3 is 2. The Morgan fingerprint density at radius 1 is 0.780 bits per heavy atom. The number of benzene rings is 3. The molecule has 0 aliphatic carbocycles. The number of nitrogens with zero attached hydrogens (tertiary/aromatic N) is 3. The molecule has 11 heteroatoms. The number of Topliss-reactive ketones (excluding diaryl/α,β-unsaturated/α-hetero) is 1. The molecule has 5 rings (SSSR count). The molecule has 0 aliphatic rings. The van der Waals surface area contributed by atoms with E-state index in [1.165, 1.54) is 18.3 Å². The Kier molecular flexibility index (Phi) is 12.2. The van der Waals surface area contributed by atoms with E-state index in [-0.39, 0.29) is 24.0 Å². The van der Waals surface area contributed by atoms with Crippen LogP contribution >= 0.6 is 11.3 Å². The van der Waals surface area contributed by atoms with E-state index in [0.29, 0.717) is 24.5 Å². The maximum Gasteiger partial charge on any atom is 0.243 e. The van der Waals surface area contributed by atoms with Gasteiger partial charge < -0.3 is 25.0 Å². The molecule has 0 saturated carbocycles. The Hall–Kier alpha value is -5.29. The molecule has 0 fully saturated rings. The van der Waals surface area contributed by atoms with Gasteiger partial charge in [0.1, 0.15) is 23.4 Å². The quantitative estimate of drug-likeness (QED) is 0.114. The third kappa shape index (κ3) is 9.66. The number of ketones is 1. The number of aromatic nitrogens is 2. The van der Waals surface area contributed by atoms with Crippen LogP contribution in [0.15, 0.2) is 91.1 Å². The Bertz CT molecular complexity index is 1810. The van der Waals surface area contributed by atoms with Crippen molar-refractivity contribution in [2.24, 2.45) is 5.92 Å². The van der Waals surface area contributed by atoms with Gasteiger partial charge in [-0.15, -0.1) is 11.3 Å². The zero-order valence-electron chi connectivity index (χ0n) is 29.0. The fraction of sp³-hybridized carbons (Fsp3) is 0.308. The fourth-order valence-electron chi connectivity index (χ4n) is 5.64. The zero-order valence-corrected chi connectivity index (χ0v) is 29.8. The van der Waals surface area contributed by atoms with Gasteiger partial charge >= 0.3 is 0 Å². The Balaban J connectivity index is 1.41. The van der Waals surface area contributed by atoms with E-state index in [1.807, 2.05) is 98.8 Å². The highest BCUT2D eigenvalue weighted by atomic mass is 32.1. The lowest BCUT2D eigenvalue weighted by Gasteiger charge is -2.25. The van der Waals surface area contributed by atoms with Crippen LogP contribution in [0.5, 0.6) is 11.5 Å². The van der Waals surface area contributed by atoms with Crippen molar-refractivity contribution < 1.29 is 23.9 Å². The molecule has 10 nitrogen and oxygen atoms in total. The highest BCUT2D eigenvalue weighted by Gasteiger charge is 2.29. The number of ether oxygens (including phenoxy) is 2. The lowest BCUT2D eigenvalue weighted by Crippen LogP contribution is -2.52. The number of hydrogen-bond donors (Lipinski definition) is 2. The number of fused-ring (bicyclic) bond motifs is 1. The summed E-state index contributed by atoms with van der Waals surface area (Å²) in [4.78, 5) is 51.1. The van der Waals surface area contributed by atoms with Crippen molar-refractivity contribution in [3.63, 3.8) is 0 Å². The minimum atomic E-state index is -0.922. The average Bonchev–Trinajstić information content (AvgIpc) is 3.55. The number of thiazole rings is 1. The second kappa shape index (κ2) is 16.9. The first-order valence-electron chi connectivity index (χ1n) is 16.5. The molecule has 2 N–H and O–H groups in total. The van der Waals surface area contributed by atoms with Gasteiger partial charge in [0.25, 0.3) is 0 Å². The van der Waals surface area contributed by atoms with E-state index in [1.54, 1.807) is 20.4 Å². The largest absolute Gasteiger partial charge is 0.497 e. The first-order valence-corrected chi connectivity index (χ1v) is 17.4. The van der Waals surface area contributed by atoms with E-state index in [4.69, 9.17) is 14.5 Å². The van der Waals surface area contributed by atoms with Gasteiger partial charge in [-0.2, -0.15) is 0 Å². The lowest BCUT2D eigenvalue weighted by molar-refractivity contribution is -0.128. The molecule has 50 heavy (non-hydrogen) atoms. The molecule has 3 aromatic carbocycles. The zero-order chi connectivity index (χ0) is 35.6. The second-order valence-corrected chi connectivity index (χ2v) is 13.6. The molecule has 0 spiro atoms. The molecule has 5 aromatic rings. The first kappa shape index (κ1) is 36.0. The van der Waals surface area contributed by atoms with E-state index >= 15 is 0 Å². The van der Waals surface area contributed by atoms with Crippen molar-refractivity contribution in [2.45, 2.75) is 58.8 Å². The molecule has 0 aliphatic heterocycles. The first-order chi connectivity index (χ1) is 24.1. The van der Waals surface area contributed by atoms with Crippen molar-refractivity contribution >= 4 is 45.0 Å². The minimum absolute atomic E-state index is 0.145. The summed E-state index contributed by atoms with van der Waals surface area (Å²) in [6.45, 7) is 6.52. The van der Waals surface area contributed by atoms with Crippen LogP contribution in [0.1, 0.15) is 53.7 Å². The normalized spacial score (nSPS) is 12.3. The number of para-hydroxylation sites is 1. The smallest absolute Gasteiger partial charge is 0.243 e. The average molecular weight is 694 g/mol. The van der Waals surface area contributed by atoms with Crippen molar-refractivity contribution in [3.05, 3.63) is 113 Å². The van der Waals surface area contributed by atoms with E-state index in [2.05, 4.69) is 20.5 Å². The Labute approximate surface area is 296 Å². The monoisotopic (exact) mass is 693 g/mol. The molecule has 1 unspecified atom stereocenters. The van der Waals surface area contributed by atoms with Crippen molar-refractivity contribution in [1.29, 1.82) is 0 Å². The second-order valence-electron chi connectivity index (χ2n) is 12.6. The molecule has 0 radical (unpaired) electrons. The standard InChI is InChI=1S/C39H43N5O5S/c1-25(2)20-34(41-26(3)45)38(47)42-33(37(46)39-43-32-8-6-7-9-35(32)50-39)21-29-14-19-36(40-22-29)44(23-27-10-15-30(48-4)16-11-27)24-28-12-17-31(49-5)18-13-28/h6-19,22,25,33-34H,20-21,23-24H2,1-5H3,(H,41,45)(H,42,47)/t33?,34-/m0/s1. The predicted octanol–water partition coefficient (Wildman–Crippen LogP) is 6.38. The van der Waals surface area contributed by atoms with Crippen molar-refractivity contribution in [3.8, 4) is 11.5 Å². The molecule has 2 aromatic heterocycles. The number of amides is 2. The van der Waals surface area contributed by atoms with Gasteiger partial charge in [-0.25, -0.2) is 9.97 Å². The molecule has 2 heterocycles. The van der Waals surface area contributed by atoms with Crippen LogP contribution in [0.4, 0.5) is 5.82 Å².